The highest BCUT2D eigenvalue weighted by Crippen LogP contribution is 2.19. The summed E-state index contributed by atoms with van der Waals surface area (Å²) < 4.78 is 0. The van der Waals surface area contributed by atoms with Crippen molar-refractivity contribution in [3.8, 4) is 0 Å². The number of rotatable bonds is 1. The van der Waals surface area contributed by atoms with Crippen LogP contribution in [0.3, 0.4) is 0 Å². The van der Waals surface area contributed by atoms with E-state index in [9.17, 15) is 9.59 Å². The lowest BCUT2D eigenvalue weighted by molar-refractivity contribution is 0.0877. The Bertz CT molecular complexity index is 688. The Kier molecular flexibility index (Phi) is 5.03. The van der Waals surface area contributed by atoms with Crippen molar-refractivity contribution in [2.45, 2.75) is 6.92 Å². The Labute approximate surface area is 128 Å². The van der Waals surface area contributed by atoms with Crippen LogP contribution in [-0.4, -0.2) is 24.4 Å². The third-order valence-electron chi connectivity index (χ3n) is 3.09. The lowest BCUT2D eigenvalue weighted by atomic mass is 10.00. The molecule has 3 N–H and O–H groups in total. The molecule has 1 aliphatic rings. The molecule has 0 saturated heterocycles. The largest absolute Gasteiger partial charge is 0.397 e. The van der Waals surface area contributed by atoms with Crippen LogP contribution >= 0.6 is 0 Å². The van der Waals surface area contributed by atoms with Crippen molar-refractivity contribution >= 4 is 29.3 Å². The Morgan fingerprint density at radius 3 is 2.32 bits per heavy atom. The zero-order valence-corrected chi connectivity index (χ0v) is 12.2. The molecule has 0 aliphatic carbocycles. The standard InChI is InChI=1S/C9H7NO2.C8H10N2/c11-8-5-10-9(12)7-4-2-1-3-6(7)8;1-2-10-8-6-4-3-5-7(8)9/h1-4H,5H2,(H,10,12);2-6H,9H2,1H3. The van der Waals surface area contributed by atoms with E-state index >= 15 is 0 Å². The average Bonchev–Trinajstić information content (AvgIpc) is 2.54. The molecule has 0 atom stereocenters. The van der Waals surface area contributed by atoms with E-state index in [0.717, 1.165) is 11.4 Å². The van der Waals surface area contributed by atoms with Crippen molar-refractivity contribution in [1.82, 2.24) is 5.32 Å². The fraction of sp³-hybridized carbons (Fsp3) is 0.118. The smallest absolute Gasteiger partial charge is 0.252 e. The first-order valence-electron chi connectivity index (χ1n) is 6.87. The number of hydrogen-bond acceptors (Lipinski definition) is 4. The van der Waals surface area contributed by atoms with Crippen LogP contribution in [-0.2, 0) is 0 Å². The molecule has 2 aromatic carbocycles. The van der Waals surface area contributed by atoms with Crippen LogP contribution in [0, 0.1) is 0 Å². The summed E-state index contributed by atoms with van der Waals surface area (Å²) in [5.74, 6) is -0.185. The molecule has 0 radical (unpaired) electrons. The molecule has 0 unspecified atom stereocenters. The number of carbonyl (C=O) groups excluding carboxylic acids is 2. The SMILES string of the molecule is CC=Nc1ccccc1N.O=C1CNC(=O)c2ccccc21. The van der Waals surface area contributed by atoms with Crippen LogP contribution in [0.1, 0.15) is 27.6 Å². The van der Waals surface area contributed by atoms with Gasteiger partial charge in [-0.1, -0.05) is 30.3 Å². The van der Waals surface area contributed by atoms with Gasteiger partial charge in [0.15, 0.2) is 5.78 Å². The number of nitrogens with two attached hydrogens (primary N) is 1. The fourth-order valence-corrected chi connectivity index (χ4v) is 2.02. The third-order valence-corrected chi connectivity index (χ3v) is 3.09. The normalized spacial score (nSPS) is 13.1. The summed E-state index contributed by atoms with van der Waals surface area (Å²) in [6.45, 7) is 1.99. The van der Waals surface area contributed by atoms with Gasteiger partial charge in [-0.25, -0.2) is 0 Å². The number of amides is 1. The second kappa shape index (κ2) is 7.17. The van der Waals surface area contributed by atoms with Gasteiger partial charge in [0.05, 0.1) is 23.5 Å². The number of para-hydroxylation sites is 2. The van der Waals surface area contributed by atoms with Crippen LogP contribution in [0.5, 0.6) is 0 Å². The van der Waals surface area contributed by atoms with E-state index in [2.05, 4.69) is 10.3 Å². The summed E-state index contributed by atoms with van der Waals surface area (Å²) >= 11 is 0. The summed E-state index contributed by atoms with van der Waals surface area (Å²) in [5, 5.41) is 2.50. The van der Waals surface area contributed by atoms with Crippen molar-refractivity contribution in [2.24, 2.45) is 4.99 Å². The third kappa shape index (κ3) is 3.58. The van der Waals surface area contributed by atoms with Gasteiger partial charge in [0.25, 0.3) is 5.91 Å². The molecule has 0 aromatic heterocycles. The number of nitrogen functional groups attached to an aromatic ring is 1. The molecular weight excluding hydrogens is 278 g/mol. The minimum Gasteiger partial charge on any atom is -0.397 e. The van der Waals surface area contributed by atoms with Gasteiger partial charge in [0.2, 0.25) is 0 Å². The first kappa shape index (κ1) is 15.4. The molecule has 5 heteroatoms. The summed E-state index contributed by atoms with van der Waals surface area (Å²) in [7, 11) is 0. The van der Waals surface area contributed by atoms with Gasteiger partial charge in [-0.2, -0.15) is 0 Å². The number of hydrogen-bond donors (Lipinski definition) is 2. The Morgan fingerprint density at radius 1 is 1.05 bits per heavy atom. The Morgan fingerprint density at radius 2 is 1.68 bits per heavy atom. The first-order chi connectivity index (χ1) is 10.6. The minimum atomic E-state index is -0.162. The fourth-order valence-electron chi connectivity index (χ4n) is 2.02. The zero-order chi connectivity index (χ0) is 15.9. The van der Waals surface area contributed by atoms with Crippen LogP contribution < -0.4 is 11.1 Å². The number of benzene rings is 2. The second-order valence-corrected chi connectivity index (χ2v) is 4.60. The molecule has 1 amide bonds. The van der Waals surface area contributed by atoms with E-state index < -0.39 is 0 Å². The number of nitrogens with zero attached hydrogens (tertiary/aromatic N) is 1. The highest BCUT2D eigenvalue weighted by atomic mass is 16.2. The van der Waals surface area contributed by atoms with Crippen LogP contribution in [0.2, 0.25) is 0 Å². The van der Waals surface area contributed by atoms with Crippen molar-refractivity contribution in [1.29, 1.82) is 0 Å². The Balaban J connectivity index is 0.000000164. The summed E-state index contributed by atoms with van der Waals surface area (Å²) in [5.41, 5.74) is 8.16. The van der Waals surface area contributed by atoms with Crippen LogP contribution in [0.4, 0.5) is 11.4 Å². The number of fused-ring (bicyclic) bond motifs is 1. The van der Waals surface area contributed by atoms with Gasteiger partial charge in [0, 0.05) is 11.8 Å². The maximum Gasteiger partial charge on any atom is 0.252 e. The highest BCUT2D eigenvalue weighted by Gasteiger charge is 2.21. The van der Waals surface area contributed by atoms with E-state index in [0.29, 0.717) is 11.1 Å². The van der Waals surface area contributed by atoms with Crippen LogP contribution in [0.15, 0.2) is 53.5 Å². The topological polar surface area (TPSA) is 84.5 Å². The molecule has 5 nitrogen and oxygen atoms in total. The number of Topliss-reactive ketones (excluding diaryl/α,β-unsaturated/α-hetero) is 1. The molecule has 0 bridgehead atoms. The monoisotopic (exact) mass is 295 g/mol. The lowest BCUT2D eigenvalue weighted by Gasteiger charge is -2.13. The van der Waals surface area contributed by atoms with E-state index in [-0.39, 0.29) is 18.2 Å². The molecule has 112 valence electrons. The molecule has 1 aliphatic heterocycles. The van der Waals surface area contributed by atoms with E-state index in [1.807, 2.05) is 31.2 Å². The van der Waals surface area contributed by atoms with Gasteiger partial charge in [-0.3, -0.25) is 14.6 Å². The van der Waals surface area contributed by atoms with Crippen LogP contribution in [0.25, 0.3) is 0 Å². The van der Waals surface area contributed by atoms with Gasteiger partial charge in [-0.15, -0.1) is 0 Å². The lowest BCUT2D eigenvalue weighted by Crippen LogP contribution is -2.36. The molecule has 2 aromatic rings. The van der Waals surface area contributed by atoms with Crippen molar-refractivity contribution in [3.05, 3.63) is 59.7 Å². The Hall–Kier alpha value is -2.95. The molecule has 0 saturated carbocycles. The van der Waals surface area contributed by atoms with Crippen molar-refractivity contribution < 1.29 is 9.59 Å². The summed E-state index contributed by atoms with van der Waals surface area (Å²) in [4.78, 5) is 26.4. The quantitative estimate of drug-likeness (QED) is 0.626. The highest BCUT2D eigenvalue weighted by molar-refractivity contribution is 6.13. The van der Waals surface area contributed by atoms with Crippen molar-refractivity contribution in [3.63, 3.8) is 0 Å². The van der Waals surface area contributed by atoms with E-state index in [1.165, 1.54) is 0 Å². The van der Waals surface area contributed by atoms with Gasteiger partial charge in [0.1, 0.15) is 0 Å². The van der Waals surface area contributed by atoms with E-state index in [4.69, 9.17) is 5.73 Å². The molecule has 0 spiro atoms. The molecule has 3 rings (SSSR count). The number of carbonyl (C=O) groups is 2. The minimum absolute atomic E-state index is 0.0230. The maximum atomic E-state index is 11.2. The predicted molar refractivity (Wildman–Crippen MR) is 87.8 cm³/mol. The summed E-state index contributed by atoms with van der Waals surface area (Å²) in [6, 6.07) is 14.4. The number of ketones is 1. The number of nitrogens with one attached hydrogen (secondary N) is 1. The maximum absolute atomic E-state index is 11.2. The van der Waals surface area contributed by atoms with Gasteiger partial charge in [-0.05, 0) is 25.1 Å². The second-order valence-electron chi connectivity index (χ2n) is 4.60. The molecular formula is C17H17N3O2. The van der Waals surface area contributed by atoms with E-state index in [1.54, 1.807) is 30.5 Å². The molecule has 1 heterocycles. The number of anilines is 1. The number of aliphatic imine (C=N–C) groups is 1. The van der Waals surface area contributed by atoms with Crippen molar-refractivity contribution in [2.75, 3.05) is 12.3 Å². The average molecular weight is 295 g/mol. The molecule has 22 heavy (non-hydrogen) atoms. The zero-order valence-electron chi connectivity index (χ0n) is 12.2. The van der Waals surface area contributed by atoms with Gasteiger partial charge >= 0.3 is 0 Å². The molecule has 0 fully saturated rings. The predicted octanol–water partition coefficient (Wildman–Crippen LogP) is 2.60. The first-order valence-corrected chi connectivity index (χ1v) is 6.87. The summed E-state index contributed by atoms with van der Waals surface area (Å²) in [6.07, 6.45) is 1.73. The van der Waals surface area contributed by atoms with Gasteiger partial charge < -0.3 is 11.1 Å².